The van der Waals surface area contributed by atoms with Crippen LogP contribution in [0.3, 0.4) is 0 Å². The standard InChI is InChI=1S/C15H12IN3/c16-9-14-15(19-12-5-7-17-8-6-12)13-4-2-1-3-11(13)10-18-14/h1-8,10H,9H2,(H,17,19). The topological polar surface area (TPSA) is 37.8 Å². The summed E-state index contributed by atoms with van der Waals surface area (Å²) < 4.78 is 0.871. The summed E-state index contributed by atoms with van der Waals surface area (Å²) in [4.78, 5) is 8.57. The van der Waals surface area contributed by atoms with Gasteiger partial charge in [-0.15, -0.1) is 0 Å². The first kappa shape index (κ1) is 12.3. The van der Waals surface area contributed by atoms with Gasteiger partial charge < -0.3 is 5.32 Å². The van der Waals surface area contributed by atoms with Gasteiger partial charge in [0.05, 0.1) is 11.4 Å². The van der Waals surface area contributed by atoms with Crippen LogP contribution >= 0.6 is 22.6 Å². The Morgan fingerprint density at radius 3 is 2.63 bits per heavy atom. The van der Waals surface area contributed by atoms with Crippen molar-refractivity contribution in [2.75, 3.05) is 5.32 Å². The molecule has 4 heteroatoms. The molecule has 1 N–H and O–H groups in total. The Morgan fingerprint density at radius 1 is 1.05 bits per heavy atom. The van der Waals surface area contributed by atoms with Crippen LogP contribution in [-0.4, -0.2) is 9.97 Å². The van der Waals surface area contributed by atoms with Gasteiger partial charge in [0.25, 0.3) is 0 Å². The maximum Gasteiger partial charge on any atom is 0.0742 e. The molecular weight excluding hydrogens is 349 g/mol. The van der Waals surface area contributed by atoms with Crippen LogP contribution in [0.2, 0.25) is 0 Å². The normalized spacial score (nSPS) is 10.6. The number of aromatic nitrogens is 2. The van der Waals surface area contributed by atoms with Crippen LogP contribution in [0.4, 0.5) is 11.4 Å². The largest absolute Gasteiger partial charge is 0.353 e. The van der Waals surface area contributed by atoms with Crippen LogP contribution in [0, 0.1) is 0 Å². The first-order valence-corrected chi connectivity index (χ1v) is 7.50. The van der Waals surface area contributed by atoms with Gasteiger partial charge in [-0.25, -0.2) is 0 Å². The predicted molar refractivity (Wildman–Crippen MR) is 87.0 cm³/mol. The monoisotopic (exact) mass is 361 g/mol. The molecule has 0 aliphatic rings. The van der Waals surface area contributed by atoms with Crippen molar-refractivity contribution in [1.29, 1.82) is 0 Å². The Labute approximate surface area is 125 Å². The van der Waals surface area contributed by atoms with Crippen molar-refractivity contribution in [3.8, 4) is 0 Å². The van der Waals surface area contributed by atoms with Gasteiger partial charge in [0.1, 0.15) is 0 Å². The second-order valence-corrected chi connectivity index (χ2v) is 4.92. The van der Waals surface area contributed by atoms with Gasteiger partial charge in [-0.05, 0) is 12.1 Å². The van der Waals surface area contributed by atoms with Crippen molar-refractivity contribution in [2.45, 2.75) is 4.43 Å². The summed E-state index contributed by atoms with van der Waals surface area (Å²) in [5, 5.41) is 5.80. The molecule has 2 heterocycles. The van der Waals surface area contributed by atoms with Crippen LogP contribution < -0.4 is 5.32 Å². The van der Waals surface area contributed by atoms with E-state index in [1.54, 1.807) is 12.4 Å². The molecule has 3 rings (SSSR count). The van der Waals surface area contributed by atoms with Crippen LogP contribution in [0.1, 0.15) is 5.69 Å². The van der Waals surface area contributed by atoms with Crippen molar-refractivity contribution in [3.63, 3.8) is 0 Å². The molecule has 0 saturated heterocycles. The van der Waals surface area contributed by atoms with Crippen molar-refractivity contribution in [1.82, 2.24) is 9.97 Å². The highest BCUT2D eigenvalue weighted by atomic mass is 127. The smallest absolute Gasteiger partial charge is 0.0742 e. The van der Waals surface area contributed by atoms with Crippen LogP contribution in [0.5, 0.6) is 0 Å². The molecule has 2 aromatic heterocycles. The minimum absolute atomic E-state index is 0.871. The third-order valence-electron chi connectivity index (χ3n) is 2.95. The predicted octanol–water partition coefficient (Wildman–Crippen LogP) is 4.31. The molecule has 1 aromatic carbocycles. The molecule has 0 saturated carbocycles. The summed E-state index contributed by atoms with van der Waals surface area (Å²) in [6.07, 6.45) is 5.50. The summed E-state index contributed by atoms with van der Waals surface area (Å²) in [7, 11) is 0. The number of fused-ring (bicyclic) bond motifs is 1. The zero-order valence-electron chi connectivity index (χ0n) is 10.2. The molecule has 0 aliphatic carbocycles. The minimum atomic E-state index is 0.871. The van der Waals surface area contributed by atoms with Gasteiger partial charge in [-0.3, -0.25) is 9.97 Å². The lowest BCUT2D eigenvalue weighted by molar-refractivity contribution is 1.21. The molecule has 0 aliphatic heterocycles. The van der Waals surface area contributed by atoms with E-state index < -0.39 is 0 Å². The van der Waals surface area contributed by atoms with Crippen molar-refractivity contribution in [3.05, 3.63) is 60.7 Å². The average molecular weight is 361 g/mol. The molecule has 0 amide bonds. The Hall–Kier alpha value is -1.69. The van der Waals surface area contributed by atoms with Gasteiger partial charge in [-0.2, -0.15) is 0 Å². The lowest BCUT2D eigenvalue weighted by Crippen LogP contribution is -1.98. The van der Waals surface area contributed by atoms with E-state index in [1.165, 1.54) is 5.39 Å². The minimum Gasteiger partial charge on any atom is -0.353 e. The van der Waals surface area contributed by atoms with Gasteiger partial charge in [0, 0.05) is 39.5 Å². The summed E-state index contributed by atoms with van der Waals surface area (Å²) in [5.41, 5.74) is 3.18. The number of alkyl halides is 1. The highest BCUT2D eigenvalue weighted by molar-refractivity contribution is 14.1. The van der Waals surface area contributed by atoms with Crippen molar-refractivity contribution >= 4 is 44.7 Å². The summed E-state index contributed by atoms with van der Waals surface area (Å²) in [5.74, 6) is 0. The first-order chi connectivity index (χ1) is 9.38. The van der Waals surface area contributed by atoms with E-state index in [0.717, 1.165) is 26.9 Å². The number of nitrogens with one attached hydrogen (secondary N) is 1. The lowest BCUT2D eigenvalue weighted by atomic mass is 10.1. The van der Waals surface area contributed by atoms with E-state index in [4.69, 9.17) is 0 Å². The fourth-order valence-electron chi connectivity index (χ4n) is 2.03. The van der Waals surface area contributed by atoms with E-state index in [-0.39, 0.29) is 0 Å². The lowest BCUT2D eigenvalue weighted by Gasteiger charge is -2.13. The number of hydrogen-bond acceptors (Lipinski definition) is 3. The Morgan fingerprint density at radius 2 is 1.84 bits per heavy atom. The van der Waals surface area contributed by atoms with Crippen LogP contribution in [0.25, 0.3) is 10.8 Å². The number of rotatable bonds is 3. The van der Waals surface area contributed by atoms with E-state index in [0.29, 0.717) is 0 Å². The van der Waals surface area contributed by atoms with Gasteiger partial charge in [0.15, 0.2) is 0 Å². The molecule has 94 valence electrons. The van der Waals surface area contributed by atoms with E-state index in [1.807, 2.05) is 24.4 Å². The molecule has 3 aromatic rings. The van der Waals surface area contributed by atoms with Crippen molar-refractivity contribution in [2.24, 2.45) is 0 Å². The van der Waals surface area contributed by atoms with E-state index >= 15 is 0 Å². The third kappa shape index (κ3) is 2.53. The van der Waals surface area contributed by atoms with Crippen LogP contribution in [-0.2, 0) is 4.43 Å². The zero-order valence-corrected chi connectivity index (χ0v) is 12.3. The number of halogens is 1. The first-order valence-electron chi connectivity index (χ1n) is 5.98. The summed E-state index contributed by atoms with van der Waals surface area (Å²) >= 11 is 2.34. The fourth-order valence-corrected chi connectivity index (χ4v) is 2.60. The van der Waals surface area contributed by atoms with Gasteiger partial charge in [0.2, 0.25) is 0 Å². The molecule has 0 fully saturated rings. The number of benzene rings is 1. The number of pyridine rings is 2. The molecule has 0 bridgehead atoms. The second kappa shape index (κ2) is 5.52. The maximum absolute atomic E-state index is 4.54. The third-order valence-corrected chi connectivity index (χ3v) is 3.68. The number of anilines is 2. The zero-order chi connectivity index (χ0) is 13.1. The molecule has 0 unspecified atom stereocenters. The Bertz CT molecular complexity index is 698. The Kier molecular flexibility index (Phi) is 3.59. The summed E-state index contributed by atoms with van der Waals surface area (Å²) in [6.45, 7) is 0. The fraction of sp³-hybridized carbons (Fsp3) is 0.0667. The van der Waals surface area contributed by atoms with Gasteiger partial charge >= 0.3 is 0 Å². The van der Waals surface area contributed by atoms with Crippen LogP contribution in [0.15, 0.2) is 55.0 Å². The molecule has 19 heavy (non-hydrogen) atoms. The molecule has 0 radical (unpaired) electrons. The van der Waals surface area contributed by atoms with Crippen molar-refractivity contribution < 1.29 is 0 Å². The quantitative estimate of drug-likeness (QED) is 0.558. The van der Waals surface area contributed by atoms with Gasteiger partial charge in [-0.1, -0.05) is 46.9 Å². The molecule has 0 atom stereocenters. The maximum atomic E-state index is 4.54. The molecule has 3 nitrogen and oxygen atoms in total. The molecule has 0 spiro atoms. The number of nitrogens with zero attached hydrogens (tertiary/aromatic N) is 2. The highest BCUT2D eigenvalue weighted by Crippen LogP contribution is 2.29. The van der Waals surface area contributed by atoms with E-state index in [9.17, 15) is 0 Å². The van der Waals surface area contributed by atoms with E-state index in [2.05, 4.69) is 56.1 Å². The SMILES string of the molecule is ICc1ncc2ccccc2c1Nc1ccncc1. The average Bonchev–Trinajstić information content (AvgIpc) is 2.49. The highest BCUT2D eigenvalue weighted by Gasteiger charge is 2.08. The number of hydrogen-bond donors (Lipinski definition) is 1. The second-order valence-electron chi connectivity index (χ2n) is 4.16. The molecular formula is C15H12IN3. The summed E-state index contributed by atoms with van der Waals surface area (Å²) in [6, 6.07) is 12.2. The Balaban J connectivity index is 2.15.